The van der Waals surface area contributed by atoms with Gasteiger partial charge in [-0.25, -0.2) is 0 Å². The lowest BCUT2D eigenvalue weighted by Crippen LogP contribution is -2.32. The van der Waals surface area contributed by atoms with Crippen molar-refractivity contribution >= 4 is 17.3 Å². The maximum atomic E-state index is 12.7. The molecule has 20 heavy (non-hydrogen) atoms. The summed E-state index contributed by atoms with van der Waals surface area (Å²) in [5.41, 5.74) is 8.82. The third kappa shape index (κ3) is 2.52. The van der Waals surface area contributed by atoms with E-state index in [9.17, 15) is 4.79 Å². The molecule has 0 atom stereocenters. The molecule has 5 nitrogen and oxygen atoms in total. The van der Waals surface area contributed by atoms with Gasteiger partial charge in [-0.2, -0.15) is 5.10 Å². The first kappa shape index (κ1) is 14.1. The van der Waals surface area contributed by atoms with Gasteiger partial charge in [0, 0.05) is 19.3 Å². The van der Waals surface area contributed by atoms with E-state index in [1.807, 2.05) is 39.1 Å². The van der Waals surface area contributed by atoms with E-state index in [2.05, 4.69) is 5.10 Å². The lowest BCUT2D eigenvalue weighted by molar-refractivity contribution is 0.0986. The molecule has 0 saturated carbocycles. The fraction of sp³-hybridized carbons (Fsp3) is 0.333. The smallest absolute Gasteiger partial charge is 0.261 e. The van der Waals surface area contributed by atoms with Gasteiger partial charge >= 0.3 is 0 Å². The summed E-state index contributed by atoms with van der Waals surface area (Å²) in [7, 11) is 1.83. The van der Waals surface area contributed by atoms with Gasteiger partial charge in [0.2, 0.25) is 0 Å². The van der Waals surface area contributed by atoms with Crippen LogP contribution in [0.1, 0.15) is 29.4 Å². The molecule has 0 aliphatic carbocycles. The first-order valence-corrected chi connectivity index (χ1v) is 6.71. The number of hydrogen-bond donors (Lipinski definition) is 1. The number of rotatable bonds is 4. The Morgan fingerprint density at radius 3 is 2.65 bits per heavy atom. The quantitative estimate of drug-likeness (QED) is 0.869. The molecule has 1 heterocycles. The zero-order chi connectivity index (χ0) is 14.7. The Morgan fingerprint density at radius 1 is 1.40 bits per heavy atom. The molecule has 2 aromatic rings. The number of nitrogens with two attached hydrogens (primary N) is 1. The third-order valence-corrected chi connectivity index (χ3v) is 3.39. The van der Waals surface area contributed by atoms with E-state index in [4.69, 9.17) is 5.73 Å². The molecule has 0 saturated heterocycles. The molecular weight excluding hydrogens is 252 g/mol. The molecule has 0 spiro atoms. The van der Waals surface area contributed by atoms with Gasteiger partial charge in [0.1, 0.15) is 0 Å². The highest BCUT2D eigenvalue weighted by atomic mass is 16.2. The number of amides is 1. The van der Waals surface area contributed by atoms with Crippen molar-refractivity contribution in [1.29, 1.82) is 0 Å². The van der Waals surface area contributed by atoms with Gasteiger partial charge in [-0.1, -0.05) is 19.1 Å². The second-order valence-electron chi connectivity index (χ2n) is 4.78. The van der Waals surface area contributed by atoms with Gasteiger partial charge in [-0.05, 0) is 25.5 Å². The number of para-hydroxylation sites is 2. The predicted molar refractivity (Wildman–Crippen MR) is 80.8 cm³/mol. The van der Waals surface area contributed by atoms with E-state index in [-0.39, 0.29) is 5.91 Å². The number of carbonyl (C=O) groups is 1. The molecule has 1 aromatic heterocycles. The van der Waals surface area contributed by atoms with Crippen LogP contribution in [-0.2, 0) is 7.05 Å². The minimum Gasteiger partial charge on any atom is -0.397 e. The molecule has 106 valence electrons. The average molecular weight is 272 g/mol. The fourth-order valence-corrected chi connectivity index (χ4v) is 2.14. The Hall–Kier alpha value is -2.30. The van der Waals surface area contributed by atoms with Crippen LogP contribution in [0.15, 0.2) is 30.5 Å². The van der Waals surface area contributed by atoms with Gasteiger partial charge in [0.15, 0.2) is 0 Å². The first-order valence-electron chi connectivity index (χ1n) is 6.71. The monoisotopic (exact) mass is 272 g/mol. The molecule has 1 amide bonds. The summed E-state index contributed by atoms with van der Waals surface area (Å²) in [6.07, 6.45) is 2.47. The Labute approximate surface area is 119 Å². The van der Waals surface area contributed by atoms with Gasteiger partial charge < -0.3 is 10.6 Å². The summed E-state index contributed by atoms with van der Waals surface area (Å²) in [5.74, 6) is -0.0599. The molecule has 0 unspecified atom stereocenters. The highest BCUT2D eigenvalue weighted by Crippen LogP contribution is 2.25. The standard InChI is InChI=1S/C15H20N4O/c1-4-9-19(14-8-6-5-7-13(14)16)15(20)12-10-17-18(3)11(12)2/h5-8,10H,4,9,16H2,1-3H3. The van der Waals surface area contributed by atoms with Gasteiger partial charge in [0.25, 0.3) is 5.91 Å². The maximum absolute atomic E-state index is 12.7. The topological polar surface area (TPSA) is 64.2 Å². The van der Waals surface area contributed by atoms with Crippen LogP contribution in [-0.4, -0.2) is 22.2 Å². The van der Waals surface area contributed by atoms with E-state index in [0.717, 1.165) is 17.8 Å². The third-order valence-electron chi connectivity index (χ3n) is 3.39. The first-order chi connectivity index (χ1) is 9.56. The van der Waals surface area contributed by atoms with E-state index in [1.165, 1.54) is 0 Å². The van der Waals surface area contributed by atoms with Crippen LogP contribution in [0.5, 0.6) is 0 Å². The number of nitrogens with zero attached hydrogens (tertiary/aromatic N) is 3. The van der Waals surface area contributed by atoms with Crippen molar-refractivity contribution in [2.24, 2.45) is 7.05 Å². The molecule has 0 fully saturated rings. The number of nitrogen functional groups attached to an aromatic ring is 1. The Morgan fingerprint density at radius 2 is 2.10 bits per heavy atom. The number of aryl methyl sites for hydroxylation is 1. The second-order valence-corrected chi connectivity index (χ2v) is 4.78. The lowest BCUT2D eigenvalue weighted by Gasteiger charge is -2.23. The van der Waals surface area contributed by atoms with Crippen molar-refractivity contribution in [2.75, 3.05) is 17.2 Å². The van der Waals surface area contributed by atoms with Gasteiger partial charge in [-0.3, -0.25) is 9.48 Å². The molecule has 5 heteroatoms. The summed E-state index contributed by atoms with van der Waals surface area (Å²) in [4.78, 5) is 14.5. The van der Waals surface area contributed by atoms with E-state index >= 15 is 0 Å². The predicted octanol–water partition coefficient (Wildman–Crippen LogP) is 2.37. The summed E-state index contributed by atoms with van der Waals surface area (Å²) < 4.78 is 1.70. The number of aromatic nitrogens is 2. The molecule has 1 aromatic carbocycles. The van der Waals surface area contributed by atoms with Crippen LogP contribution in [0, 0.1) is 6.92 Å². The molecule has 0 radical (unpaired) electrons. The lowest BCUT2D eigenvalue weighted by atomic mass is 10.2. The fourth-order valence-electron chi connectivity index (χ4n) is 2.14. The Kier molecular flexibility index (Phi) is 4.08. The number of benzene rings is 1. The van der Waals surface area contributed by atoms with Crippen LogP contribution >= 0.6 is 0 Å². The Bertz CT molecular complexity index is 618. The van der Waals surface area contributed by atoms with Crippen LogP contribution in [0.3, 0.4) is 0 Å². The molecular formula is C15H20N4O. The van der Waals surface area contributed by atoms with Gasteiger partial charge in [-0.15, -0.1) is 0 Å². The zero-order valence-electron chi connectivity index (χ0n) is 12.1. The summed E-state index contributed by atoms with van der Waals surface area (Å²) >= 11 is 0. The van der Waals surface area contributed by atoms with Crippen LogP contribution in [0.4, 0.5) is 11.4 Å². The van der Waals surface area contributed by atoms with Crippen molar-refractivity contribution in [3.05, 3.63) is 41.7 Å². The summed E-state index contributed by atoms with van der Waals surface area (Å²) in [6.45, 7) is 4.55. The van der Waals surface area contributed by atoms with Crippen LogP contribution in [0.2, 0.25) is 0 Å². The molecule has 0 aliphatic heterocycles. The minimum atomic E-state index is -0.0599. The minimum absolute atomic E-state index is 0.0599. The SMILES string of the molecule is CCCN(C(=O)c1cnn(C)c1C)c1ccccc1N. The van der Waals surface area contributed by atoms with Crippen molar-refractivity contribution in [3.8, 4) is 0 Å². The Balaban J connectivity index is 2.41. The van der Waals surface area contributed by atoms with Crippen molar-refractivity contribution in [2.45, 2.75) is 20.3 Å². The van der Waals surface area contributed by atoms with E-state index < -0.39 is 0 Å². The molecule has 2 N–H and O–H groups in total. The number of hydrogen-bond acceptors (Lipinski definition) is 3. The van der Waals surface area contributed by atoms with Gasteiger partial charge in [0.05, 0.1) is 23.1 Å². The average Bonchev–Trinajstić information content (AvgIpc) is 2.77. The van der Waals surface area contributed by atoms with Crippen molar-refractivity contribution in [3.63, 3.8) is 0 Å². The molecule has 0 bridgehead atoms. The van der Waals surface area contributed by atoms with Crippen molar-refractivity contribution in [1.82, 2.24) is 9.78 Å². The van der Waals surface area contributed by atoms with E-state index in [0.29, 0.717) is 17.8 Å². The van der Waals surface area contributed by atoms with Crippen LogP contribution < -0.4 is 10.6 Å². The molecule has 0 aliphatic rings. The zero-order valence-corrected chi connectivity index (χ0v) is 12.1. The number of anilines is 2. The van der Waals surface area contributed by atoms with E-state index in [1.54, 1.807) is 21.8 Å². The maximum Gasteiger partial charge on any atom is 0.261 e. The second kappa shape index (κ2) is 5.77. The summed E-state index contributed by atoms with van der Waals surface area (Å²) in [6, 6.07) is 7.43. The normalized spacial score (nSPS) is 10.6. The molecule has 2 rings (SSSR count). The van der Waals surface area contributed by atoms with Crippen LogP contribution in [0.25, 0.3) is 0 Å². The number of carbonyl (C=O) groups excluding carboxylic acids is 1. The summed E-state index contributed by atoms with van der Waals surface area (Å²) in [5, 5.41) is 4.13. The highest BCUT2D eigenvalue weighted by Gasteiger charge is 2.22. The highest BCUT2D eigenvalue weighted by molar-refractivity contribution is 6.08. The van der Waals surface area contributed by atoms with Crippen molar-refractivity contribution < 1.29 is 4.79 Å². The largest absolute Gasteiger partial charge is 0.397 e.